The molecule has 0 saturated carbocycles. The molecule has 0 atom stereocenters. The van der Waals surface area contributed by atoms with E-state index in [0.29, 0.717) is 4.53 Å². The molecule has 3 heteroatoms. The molecule has 0 fully saturated rings. The topological polar surface area (TPSA) is 47.6 Å². The van der Waals surface area contributed by atoms with Gasteiger partial charge in [-0.05, 0) is 12.1 Å². The van der Waals surface area contributed by atoms with Crippen molar-refractivity contribution in [3.05, 3.63) is 21.2 Å². The van der Waals surface area contributed by atoms with Crippen LogP contribution < -0.4 is 9.06 Å². The van der Waals surface area contributed by atoms with Gasteiger partial charge in [0.2, 0.25) is 0 Å². The summed E-state index contributed by atoms with van der Waals surface area (Å²) in [6.45, 7) is 3.68. The Morgan fingerprint density at radius 1 is 1.36 bits per heavy atom. The Labute approximate surface area is 67.9 Å². The van der Waals surface area contributed by atoms with Gasteiger partial charge in [-0.25, -0.2) is 0 Å². The van der Waals surface area contributed by atoms with Crippen LogP contribution >= 0.6 is 11.3 Å². The average molecular weight is 160 g/mol. The molecule has 0 aliphatic carbocycles. The van der Waals surface area contributed by atoms with Crippen LogP contribution in [0, 0.1) is 22.7 Å². The second kappa shape index (κ2) is 3.01. The molecular formula is C8H4N2S. The molecule has 0 amide bonds. The lowest BCUT2D eigenvalue weighted by atomic mass is 10.3. The Bertz CT molecular complexity index is 426. The van der Waals surface area contributed by atoms with E-state index >= 15 is 0 Å². The third-order valence-electron chi connectivity index (χ3n) is 1.13. The zero-order valence-electron chi connectivity index (χ0n) is 5.66. The van der Waals surface area contributed by atoms with Crippen molar-refractivity contribution >= 4 is 23.5 Å². The highest BCUT2D eigenvalue weighted by atomic mass is 32.1. The van der Waals surface area contributed by atoms with E-state index in [2.05, 4.69) is 6.58 Å². The molecule has 11 heavy (non-hydrogen) atoms. The molecule has 0 saturated heterocycles. The molecule has 1 aromatic rings. The van der Waals surface area contributed by atoms with Gasteiger partial charge in [-0.2, -0.15) is 10.5 Å². The predicted molar refractivity (Wildman–Crippen MR) is 43.7 cm³/mol. The molecule has 0 spiro atoms. The van der Waals surface area contributed by atoms with Gasteiger partial charge >= 0.3 is 0 Å². The van der Waals surface area contributed by atoms with Crippen LogP contribution in [0.1, 0.15) is 0 Å². The van der Waals surface area contributed by atoms with Crippen LogP contribution in [0.25, 0.3) is 12.2 Å². The van der Waals surface area contributed by atoms with Gasteiger partial charge in [-0.15, -0.1) is 11.3 Å². The summed E-state index contributed by atoms with van der Waals surface area (Å²) in [6.07, 6.45) is 0. The van der Waals surface area contributed by atoms with Crippen LogP contribution in [0.4, 0.5) is 0 Å². The monoisotopic (exact) mass is 160 g/mol. The fraction of sp³-hybridized carbons (Fsp3) is 0. The lowest BCUT2D eigenvalue weighted by Gasteiger charge is -1.72. The van der Waals surface area contributed by atoms with Gasteiger partial charge in [0, 0.05) is 4.53 Å². The van der Waals surface area contributed by atoms with E-state index in [-0.39, 0.29) is 5.57 Å². The van der Waals surface area contributed by atoms with Gasteiger partial charge < -0.3 is 0 Å². The molecular weight excluding hydrogens is 156 g/mol. The summed E-state index contributed by atoms with van der Waals surface area (Å²) in [6, 6.07) is 7.16. The second-order valence-electron chi connectivity index (χ2n) is 1.86. The lowest BCUT2D eigenvalue weighted by Crippen LogP contribution is -1.95. The minimum atomic E-state index is 0.157. The molecule has 52 valence electrons. The first-order valence-corrected chi connectivity index (χ1v) is 3.69. The highest BCUT2D eigenvalue weighted by Gasteiger charge is 1.93. The largest absolute Gasteiger partial charge is 0.192 e. The highest BCUT2D eigenvalue weighted by molar-refractivity contribution is 7.07. The van der Waals surface area contributed by atoms with Gasteiger partial charge in [0.15, 0.2) is 0 Å². The van der Waals surface area contributed by atoms with E-state index in [1.807, 2.05) is 12.1 Å². The third kappa shape index (κ3) is 1.46. The minimum absolute atomic E-state index is 0.157. The molecule has 0 aromatic carbocycles. The van der Waals surface area contributed by atoms with E-state index in [1.165, 1.54) is 11.3 Å². The first-order valence-electron chi connectivity index (χ1n) is 2.87. The fourth-order valence-corrected chi connectivity index (χ4v) is 1.40. The summed E-state index contributed by atoms with van der Waals surface area (Å²) in [7, 11) is 0. The van der Waals surface area contributed by atoms with Gasteiger partial charge in [-0.3, -0.25) is 0 Å². The van der Waals surface area contributed by atoms with Gasteiger partial charge in [-0.1, -0.05) is 6.58 Å². The summed E-state index contributed by atoms with van der Waals surface area (Å²) in [5.41, 5.74) is 0.157. The van der Waals surface area contributed by atoms with Crippen LogP contribution in [0.3, 0.4) is 0 Å². The Morgan fingerprint density at radius 2 is 2.00 bits per heavy atom. The summed E-state index contributed by atoms with van der Waals surface area (Å²) < 4.78 is 1.56. The summed E-state index contributed by atoms with van der Waals surface area (Å²) >= 11 is 1.35. The van der Waals surface area contributed by atoms with Crippen LogP contribution in [0.5, 0.6) is 0 Å². The van der Waals surface area contributed by atoms with E-state index < -0.39 is 0 Å². The quantitative estimate of drug-likeness (QED) is 0.550. The van der Waals surface area contributed by atoms with Crippen molar-refractivity contribution in [1.29, 1.82) is 10.5 Å². The van der Waals surface area contributed by atoms with Crippen molar-refractivity contribution in [3.8, 4) is 12.1 Å². The molecule has 0 bridgehead atoms. The van der Waals surface area contributed by atoms with Crippen molar-refractivity contribution in [2.45, 2.75) is 0 Å². The highest BCUT2D eigenvalue weighted by Crippen LogP contribution is 1.87. The van der Waals surface area contributed by atoms with E-state index in [4.69, 9.17) is 10.5 Å². The summed E-state index contributed by atoms with van der Waals surface area (Å²) in [4.78, 5) is 0. The van der Waals surface area contributed by atoms with Crippen LogP contribution in [0.2, 0.25) is 0 Å². The molecule has 0 N–H and O–H groups in total. The maximum Gasteiger partial charge on any atom is 0.146 e. The smallest absolute Gasteiger partial charge is 0.146 e. The normalized spacial score (nSPS) is 8.18. The maximum atomic E-state index is 8.47. The fourth-order valence-electron chi connectivity index (χ4n) is 0.647. The Hall–Kier alpha value is -1.58. The van der Waals surface area contributed by atoms with Crippen molar-refractivity contribution in [3.63, 3.8) is 0 Å². The molecule has 2 nitrogen and oxygen atoms in total. The summed E-state index contributed by atoms with van der Waals surface area (Å²) in [5.74, 6) is 0. The van der Waals surface area contributed by atoms with E-state index in [0.717, 1.165) is 4.53 Å². The predicted octanol–water partition coefficient (Wildman–Crippen LogP) is 0.356. The number of rotatable bonds is 0. The Morgan fingerprint density at radius 3 is 2.36 bits per heavy atom. The standard InChI is InChI=1S/C8H4N2S/c1-6-2-3-8(11-6)7(4-9)5-10/h2-3H,1H2. The number of hydrogen-bond donors (Lipinski definition) is 0. The van der Waals surface area contributed by atoms with Crippen molar-refractivity contribution < 1.29 is 0 Å². The minimum Gasteiger partial charge on any atom is -0.192 e. The number of nitriles is 2. The van der Waals surface area contributed by atoms with Crippen molar-refractivity contribution in [2.24, 2.45) is 0 Å². The second-order valence-corrected chi connectivity index (χ2v) is 3.03. The van der Waals surface area contributed by atoms with Gasteiger partial charge in [0.1, 0.15) is 17.7 Å². The summed E-state index contributed by atoms with van der Waals surface area (Å²) in [5, 5.41) is 16.9. The first kappa shape index (κ1) is 7.53. The zero-order chi connectivity index (χ0) is 8.27. The molecule has 1 heterocycles. The van der Waals surface area contributed by atoms with Crippen LogP contribution in [-0.4, -0.2) is 0 Å². The van der Waals surface area contributed by atoms with E-state index in [1.54, 1.807) is 12.1 Å². The maximum absolute atomic E-state index is 8.47. The number of thiophene rings is 1. The molecule has 0 radical (unpaired) electrons. The lowest BCUT2D eigenvalue weighted by molar-refractivity contribution is 1.51. The van der Waals surface area contributed by atoms with Crippen LogP contribution in [-0.2, 0) is 0 Å². The first-order chi connectivity index (χ1) is 5.27. The van der Waals surface area contributed by atoms with Crippen LogP contribution in [0.15, 0.2) is 12.1 Å². The van der Waals surface area contributed by atoms with Crippen molar-refractivity contribution in [1.82, 2.24) is 0 Å². The number of nitrogens with zero attached hydrogens (tertiary/aromatic N) is 2. The molecule has 0 aliphatic rings. The zero-order valence-corrected chi connectivity index (χ0v) is 6.48. The van der Waals surface area contributed by atoms with Gasteiger partial charge in [0.05, 0.1) is 4.53 Å². The third-order valence-corrected chi connectivity index (χ3v) is 2.09. The molecule has 0 unspecified atom stereocenters. The van der Waals surface area contributed by atoms with Gasteiger partial charge in [0.25, 0.3) is 0 Å². The molecule has 1 aromatic heterocycles. The average Bonchev–Trinajstić information content (AvgIpc) is 2.39. The molecule has 0 aliphatic heterocycles. The van der Waals surface area contributed by atoms with Crippen molar-refractivity contribution in [2.75, 3.05) is 0 Å². The van der Waals surface area contributed by atoms with E-state index in [9.17, 15) is 0 Å². The number of hydrogen-bond acceptors (Lipinski definition) is 3. The Kier molecular flexibility index (Phi) is 2.06. The molecule has 1 rings (SSSR count). The SMILES string of the molecule is C=c1ccc(=C(C#N)C#N)s1. The Balaban J connectivity index is 3.54.